The highest BCUT2D eigenvalue weighted by Crippen LogP contribution is 2.53. The topological polar surface area (TPSA) is 73.3 Å². The van der Waals surface area contributed by atoms with E-state index >= 15 is 0 Å². The summed E-state index contributed by atoms with van der Waals surface area (Å²) in [6.45, 7) is 3.27. The fraction of sp³-hybridized carbons (Fsp3) is 0.450. The second-order valence-electron chi connectivity index (χ2n) is 7.22. The molecule has 32 heavy (non-hydrogen) atoms. The molecule has 0 unspecified atom stereocenters. The van der Waals surface area contributed by atoms with Crippen molar-refractivity contribution in [2.75, 3.05) is 19.5 Å². The highest BCUT2D eigenvalue weighted by molar-refractivity contribution is 6.04. The van der Waals surface area contributed by atoms with Crippen molar-refractivity contribution in [1.82, 2.24) is 9.97 Å². The maximum absolute atomic E-state index is 13.7. The summed E-state index contributed by atoms with van der Waals surface area (Å²) in [6.07, 6.45) is -9.20. The SMILES string of the molecule is COc1nccnc1C(=O)Nc1ccc(C(OC)(C(F)(F)F)C(F)(F)F)c(CC(C)C)c1. The number of anilines is 1. The third kappa shape index (κ3) is 4.79. The number of amides is 1. The molecule has 1 aromatic carbocycles. The molecule has 0 radical (unpaired) electrons. The molecule has 0 atom stereocenters. The van der Waals surface area contributed by atoms with E-state index in [9.17, 15) is 31.1 Å². The van der Waals surface area contributed by atoms with Crippen molar-refractivity contribution in [3.05, 3.63) is 47.4 Å². The molecule has 6 nitrogen and oxygen atoms in total. The quantitative estimate of drug-likeness (QED) is 0.589. The molecule has 1 heterocycles. The zero-order valence-corrected chi connectivity index (χ0v) is 17.6. The van der Waals surface area contributed by atoms with Gasteiger partial charge in [0.2, 0.25) is 5.88 Å². The summed E-state index contributed by atoms with van der Waals surface area (Å²) < 4.78 is 91.5. The summed E-state index contributed by atoms with van der Waals surface area (Å²) in [6, 6.07) is 2.65. The van der Waals surface area contributed by atoms with Gasteiger partial charge in [0.05, 0.1) is 7.11 Å². The molecule has 176 valence electrons. The Morgan fingerprint density at radius 2 is 1.62 bits per heavy atom. The molecule has 1 N–H and O–H groups in total. The molecule has 12 heteroatoms. The number of carbonyl (C=O) groups excluding carboxylic acids is 1. The average Bonchev–Trinajstić information content (AvgIpc) is 2.67. The van der Waals surface area contributed by atoms with Gasteiger partial charge in [-0.25, -0.2) is 9.97 Å². The van der Waals surface area contributed by atoms with Crippen LogP contribution in [0.4, 0.5) is 32.0 Å². The van der Waals surface area contributed by atoms with Crippen LogP contribution >= 0.6 is 0 Å². The molecular weight excluding hydrogens is 444 g/mol. The lowest BCUT2D eigenvalue weighted by Crippen LogP contribution is -2.55. The Morgan fingerprint density at radius 3 is 2.12 bits per heavy atom. The van der Waals surface area contributed by atoms with Gasteiger partial charge in [0.1, 0.15) is 0 Å². The van der Waals surface area contributed by atoms with Gasteiger partial charge in [-0.15, -0.1) is 0 Å². The smallest absolute Gasteiger partial charge is 0.430 e. The molecule has 1 aromatic heterocycles. The Kier molecular flexibility index (Phi) is 7.38. The predicted octanol–water partition coefficient (Wildman–Crippen LogP) is 4.90. The largest absolute Gasteiger partial charge is 0.479 e. The molecule has 0 aliphatic heterocycles. The van der Waals surface area contributed by atoms with Gasteiger partial charge >= 0.3 is 12.4 Å². The first-order chi connectivity index (χ1) is 14.8. The highest BCUT2D eigenvalue weighted by atomic mass is 19.4. The molecule has 0 fully saturated rings. The van der Waals surface area contributed by atoms with E-state index in [1.54, 1.807) is 13.8 Å². The van der Waals surface area contributed by atoms with E-state index in [1.165, 1.54) is 19.5 Å². The van der Waals surface area contributed by atoms with Gasteiger partial charge in [-0.2, -0.15) is 26.3 Å². The fourth-order valence-corrected chi connectivity index (χ4v) is 3.25. The van der Waals surface area contributed by atoms with Gasteiger partial charge < -0.3 is 14.8 Å². The summed E-state index contributed by atoms with van der Waals surface area (Å²) >= 11 is 0. The molecule has 0 spiro atoms. The van der Waals surface area contributed by atoms with Crippen molar-refractivity contribution in [1.29, 1.82) is 0 Å². The fourth-order valence-electron chi connectivity index (χ4n) is 3.25. The minimum Gasteiger partial charge on any atom is -0.479 e. The summed E-state index contributed by atoms with van der Waals surface area (Å²) in [7, 11) is 1.62. The molecule has 2 aromatic rings. The minimum absolute atomic E-state index is 0.0311. The monoisotopic (exact) mass is 465 g/mol. The van der Waals surface area contributed by atoms with E-state index in [4.69, 9.17) is 4.74 Å². The first-order valence-electron chi connectivity index (χ1n) is 9.26. The van der Waals surface area contributed by atoms with Crippen LogP contribution in [-0.4, -0.2) is 42.4 Å². The van der Waals surface area contributed by atoms with Crippen LogP contribution in [-0.2, 0) is 16.8 Å². The van der Waals surface area contributed by atoms with Crippen LogP contribution in [0.25, 0.3) is 0 Å². The Hall–Kier alpha value is -2.89. The lowest BCUT2D eigenvalue weighted by Gasteiger charge is -2.37. The van der Waals surface area contributed by atoms with E-state index in [-0.39, 0.29) is 35.2 Å². The number of aromatic nitrogens is 2. The molecule has 0 aliphatic rings. The zero-order chi connectivity index (χ0) is 24.3. The Bertz CT molecular complexity index is 946. The molecule has 0 aliphatic carbocycles. The predicted molar refractivity (Wildman–Crippen MR) is 102 cm³/mol. The van der Waals surface area contributed by atoms with Crippen molar-refractivity contribution in [3.63, 3.8) is 0 Å². The summed E-state index contributed by atoms with van der Waals surface area (Å²) in [5.74, 6) is -1.20. The van der Waals surface area contributed by atoms with Gasteiger partial charge in [-0.1, -0.05) is 19.9 Å². The molecule has 2 rings (SSSR count). The lowest BCUT2D eigenvalue weighted by atomic mass is 9.84. The number of hydrogen-bond donors (Lipinski definition) is 1. The van der Waals surface area contributed by atoms with Crippen LogP contribution in [0, 0.1) is 5.92 Å². The van der Waals surface area contributed by atoms with Crippen molar-refractivity contribution in [2.24, 2.45) is 5.92 Å². The number of carbonyl (C=O) groups is 1. The number of hydrogen-bond acceptors (Lipinski definition) is 5. The molecule has 1 amide bonds. The van der Waals surface area contributed by atoms with Crippen molar-refractivity contribution >= 4 is 11.6 Å². The second kappa shape index (κ2) is 9.31. The molecular formula is C20H21F6N3O3. The van der Waals surface area contributed by atoms with Crippen molar-refractivity contribution in [2.45, 2.75) is 38.2 Å². The highest BCUT2D eigenvalue weighted by Gasteiger charge is 2.73. The van der Waals surface area contributed by atoms with Crippen molar-refractivity contribution < 1.29 is 40.6 Å². The summed E-state index contributed by atoms with van der Waals surface area (Å²) in [4.78, 5) is 20.2. The second-order valence-corrected chi connectivity index (χ2v) is 7.22. The lowest BCUT2D eigenvalue weighted by molar-refractivity contribution is -0.383. The average molecular weight is 465 g/mol. The van der Waals surface area contributed by atoms with Crippen LogP contribution in [0.15, 0.2) is 30.6 Å². The van der Waals surface area contributed by atoms with Crippen molar-refractivity contribution in [3.8, 4) is 5.88 Å². The van der Waals surface area contributed by atoms with E-state index < -0.39 is 29.4 Å². The Morgan fingerprint density at radius 1 is 1.03 bits per heavy atom. The maximum atomic E-state index is 13.7. The van der Waals surface area contributed by atoms with Gasteiger partial charge in [0.15, 0.2) is 5.69 Å². The maximum Gasteiger partial charge on any atom is 0.430 e. The summed E-state index contributed by atoms with van der Waals surface area (Å²) in [5.41, 5.74) is -6.14. The third-order valence-electron chi connectivity index (χ3n) is 4.55. The molecule has 0 saturated carbocycles. The number of alkyl halides is 6. The first-order valence-corrected chi connectivity index (χ1v) is 9.26. The zero-order valence-electron chi connectivity index (χ0n) is 17.6. The van der Waals surface area contributed by atoms with Crippen LogP contribution in [0.2, 0.25) is 0 Å². The number of nitrogens with zero attached hydrogens (tertiary/aromatic N) is 2. The summed E-state index contributed by atoms with van der Waals surface area (Å²) in [5, 5.41) is 2.40. The number of benzene rings is 1. The van der Waals surface area contributed by atoms with Gasteiger partial charge in [0.25, 0.3) is 11.5 Å². The number of nitrogens with one attached hydrogen (secondary N) is 1. The first kappa shape index (κ1) is 25.4. The third-order valence-corrected chi connectivity index (χ3v) is 4.55. The van der Waals surface area contributed by atoms with Crippen LogP contribution < -0.4 is 10.1 Å². The standard InChI is InChI=1S/C20H21F6N3O3/c1-11(2)9-12-10-13(29-16(30)15-17(31-3)28-8-7-27-15)5-6-14(12)18(32-4,19(21,22)23)20(24,25)26/h5-8,10-11H,9H2,1-4H3,(H,29,30). The van der Waals surface area contributed by atoms with Gasteiger partial charge in [0, 0.05) is 30.8 Å². The number of ether oxygens (including phenoxy) is 2. The van der Waals surface area contributed by atoms with Crippen LogP contribution in [0.1, 0.15) is 35.5 Å². The minimum atomic E-state index is -5.79. The van der Waals surface area contributed by atoms with E-state index in [2.05, 4.69) is 20.0 Å². The van der Waals surface area contributed by atoms with E-state index in [0.717, 1.165) is 12.1 Å². The number of rotatable bonds is 7. The van der Waals surface area contributed by atoms with Gasteiger partial charge in [-0.3, -0.25) is 4.79 Å². The normalized spacial score (nSPS) is 12.7. The molecule has 0 saturated heterocycles. The molecule has 0 bridgehead atoms. The number of methoxy groups -OCH3 is 2. The Labute approximate surface area is 180 Å². The Balaban J connectivity index is 2.60. The van der Waals surface area contributed by atoms with Crippen LogP contribution in [0.5, 0.6) is 5.88 Å². The van der Waals surface area contributed by atoms with Gasteiger partial charge in [-0.05, 0) is 30.0 Å². The van der Waals surface area contributed by atoms with E-state index in [0.29, 0.717) is 13.2 Å². The van der Waals surface area contributed by atoms with E-state index in [1.807, 2.05) is 0 Å². The number of halogens is 6. The van der Waals surface area contributed by atoms with Crippen LogP contribution in [0.3, 0.4) is 0 Å².